The van der Waals surface area contributed by atoms with Crippen molar-refractivity contribution in [3.63, 3.8) is 0 Å². The lowest BCUT2D eigenvalue weighted by atomic mass is 9.99. The Bertz CT molecular complexity index is 739. The number of rotatable bonds is 4. The highest BCUT2D eigenvalue weighted by molar-refractivity contribution is 7.89. The number of nitrogens with one attached hydrogen (secondary N) is 1. The minimum atomic E-state index is -3.58. The largest absolute Gasteiger partial charge is 0.372 e. The van der Waals surface area contributed by atoms with E-state index in [9.17, 15) is 8.42 Å². The second-order valence-corrected chi connectivity index (χ2v) is 6.85. The van der Waals surface area contributed by atoms with Crippen LogP contribution in [0.2, 0.25) is 0 Å². The summed E-state index contributed by atoms with van der Waals surface area (Å²) < 4.78 is 34.0. The van der Waals surface area contributed by atoms with E-state index in [-0.39, 0.29) is 17.7 Å². The lowest BCUT2D eigenvalue weighted by Gasteiger charge is -2.25. The topological polar surface area (TPSA) is 73.2 Å². The Morgan fingerprint density at radius 1 is 1.38 bits per heavy atom. The van der Waals surface area contributed by atoms with Crippen LogP contribution in [0.25, 0.3) is 0 Å². The molecular weight excluding hydrogens is 290 g/mol. The summed E-state index contributed by atoms with van der Waals surface area (Å²) in [5.41, 5.74) is 2.38. The molecular formula is C14H17N3O3S. The number of hydrogen-bond acceptors (Lipinski definition) is 4. The van der Waals surface area contributed by atoms with Crippen LogP contribution in [0, 0.1) is 0 Å². The van der Waals surface area contributed by atoms with E-state index in [1.165, 1.54) is 23.7 Å². The summed E-state index contributed by atoms with van der Waals surface area (Å²) in [6, 6.07) is 8.05. The number of sulfonamides is 1. The Balaban J connectivity index is 1.64. The summed E-state index contributed by atoms with van der Waals surface area (Å²) in [5, 5.41) is 0.0289. The van der Waals surface area contributed by atoms with Crippen molar-refractivity contribution in [3.05, 3.63) is 47.9 Å². The molecule has 3 rings (SSSR count). The highest BCUT2D eigenvalue weighted by Gasteiger charge is 2.22. The van der Waals surface area contributed by atoms with Crippen molar-refractivity contribution in [2.75, 3.05) is 6.54 Å². The van der Waals surface area contributed by atoms with Gasteiger partial charge in [-0.3, -0.25) is 0 Å². The molecule has 0 unspecified atom stereocenters. The van der Waals surface area contributed by atoms with Gasteiger partial charge < -0.3 is 9.30 Å². The highest BCUT2D eigenvalue weighted by atomic mass is 32.2. The predicted octanol–water partition coefficient (Wildman–Crippen LogP) is 0.840. The van der Waals surface area contributed by atoms with Gasteiger partial charge in [-0.05, 0) is 11.1 Å². The standard InChI is InChI=1S/C14H17N3O3S/c1-17-8-14(15-10-17)21(18,19)16-7-13-6-11-4-2-3-5-12(11)9-20-13/h2-5,8,10,13,16H,6-7,9H2,1H3/t13-/m0/s1. The number of nitrogens with zero attached hydrogens (tertiary/aromatic N) is 2. The molecule has 1 N–H and O–H groups in total. The van der Waals surface area contributed by atoms with Crippen molar-refractivity contribution in [2.45, 2.75) is 24.2 Å². The summed E-state index contributed by atoms with van der Waals surface area (Å²) >= 11 is 0. The van der Waals surface area contributed by atoms with E-state index < -0.39 is 10.0 Å². The number of imidazole rings is 1. The highest BCUT2D eigenvalue weighted by Crippen LogP contribution is 2.20. The molecule has 1 aliphatic rings. The minimum Gasteiger partial charge on any atom is -0.372 e. The first-order chi connectivity index (χ1) is 10.0. The van der Waals surface area contributed by atoms with E-state index in [1.54, 1.807) is 11.6 Å². The Morgan fingerprint density at radius 3 is 2.86 bits per heavy atom. The second-order valence-electron chi connectivity index (χ2n) is 5.14. The van der Waals surface area contributed by atoms with Crippen molar-refractivity contribution >= 4 is 10.0 Å². The van der Waals surface area contributed by atoms with Crippen molar-refractivity contribution < 1.29 is 13.2 Å². The monoisotopic (exact) mass is 307 g/mol. The molecule has 1 aliphatic heterocycles. The van der Waals surface area contributed by atoms with Gasteiger partial charge in [0, 0.05) is 26.2 Å². The van der Waals surface area contributed by atoms with Gasteiger partial charge in [-0.1, -0.05) is 24.3 Å². The third-order valence-electron chi connectivity index (χ3n) is 3.50. The van der Waals surface area contributed by atoms with Crippen LogP contribution in [-0.2, 0) is 34.8 Å². The normalized spacial score (nSPS) is 18.4. The fourth-order valence-electron chi connectivity index (χ4n) is 2.34. The molecule has 0 radical (unpaired) electrons. The lowest BCUT2D eigenvalue weighted by molar-refractivity contribution is 0.0322. The SMILES string of the molecule is Cn1cnc(S(=O)(=O)NC[C@@H]2Cc3ccccc3CO2)c1. The summed E-state index contributed by atoms with van der Waals surface area (Å²) in [6.45, 7) is 0.763. The predicted molar refractivity (Wildman–Crippen MR) is 77.1 cm³/mol. The van der Waals surface area contributed by atoms with E-state index in [0.717, 1.165) is 0 Å². The zero-order valence-electron chi connectivity index (χ0n) is 11.7. The Morgan fingerprint density at radius 2 is 2.14 bits per heavy atom. The summed E-state index contributed by atoms with van der Waals surface area (Å²) in [7, 11) is -1.85. The summed E-state index contributed by atoms with van der Waals surface area (Å²) in [4.78, 5) is 3.86. The van der Waals surface area contributed by atoms with Gasteiger partial charge in [0.15, 0.2) is 5.03 Å². The van der Waals surface area contributed by atoms with Gasteiger partial charge in [0.25, 0.3) is 10.0 Å². The molecule has 1 aromatic heterocycles. The Kier molecular flexibility index (Phi) is 3.79. The minimum absolute atomic E-state index is 0.0289. The number of fused-ring (bicyclic) bond motifs is 1. The van der Waals surface area contributed by atoms with Crippen molar-refractivity contribution in [1.82, 2.24) is 14.3 Å². The molecule has 0 fully saturated rings. The number of aromatic nitrogens is 2. The molecule has 0 saturated carbocycles. The van der Waals surface area contributed by atoms with E-state index in [0.29, 0.717) is 13.0 Å². The first kappa shape index (κ1) is 14.2. The molecule has 112 valence electrons. The van der Waals surface area contributed by atoms with Gasteiger partial charge >= 0.3 is 0 Å². The van der Waals surface area contributed by atoms with Gasteiger partial charge in [-0.25, -0.2) is 18.1 Å². The molecule has 0 aliphatic carbocycles. The molecule has 2 heterocycles. The third kappa shape index (κ3) is 3.15. The smallest absolute Gasteiger partial charge is 0.259 e. The third-order valence-corrected chi connectivity index (χ3v) is 4.81. The fraction of sp³-hybridized carbons (Fsp3) is 0.357. The first-order valence-corrected chi connectivity index (χ1v) is 8.19. The van der Waals surface area contributed by atoms with Crippen molar-refractivity contribution in [1.29, 1.82) is 0 Å². The zero-order chi connectivity index (χ0) is 14.9. The molecule has 1 atom stereocenters. The van der Waals surface area contributed by atoms with Gasteiger partial charge in [0.2, 0.25) is 0 Å². The molecule has 2 aromatic rings. The number of aryl methyl sites for hydroxylation is 1. The maximum absolute atomic E-state index is 12.1. The molecule has 0 saturated heterocycles. The molecule has 7 heteroatoms. The zero-order valence-corrected chi connectivity index (χ0v) is 12.5. The Hall–Kier alpha value is -1.70. The maximum Gasteiger partial charge on any atom is 0.259 e. The van der Waals surface area contributed by atoms with Gasteiger partial charge in [0.1, 0.15) is 0 Å². The van der Waals surface area contributed by atoms with Gasteiger partial charge in [-0.15, -0.1) is 0 Å². The van der Waals surface area contributed by atoms with Crippen LogP contribution in [0.5, 0.6) is 0 Å². The van der Waals surface area contributed by atoms with Gasteiger partial charge in [-0.2, -0.15) is 0 Å². The first-order valence-electron chi connectivity index (χ1n) is 6.70. The number of hydrogen-bond donors (Lipinski definition) is 1. The van der Waals surface area contributed by atoms with E-state index in [4.69, 9.17) is 4.74 Å². The van der Waals surface area contributed by atoms with Crippen LogP contribution >= 0.6 is 0 Å². The van der Waals surface area contributed by atoms with E-state index in [2.05, 4.69) is 15.8 Å². The number of ether oxygens (including phenoxy) is 1. The second kappa shape index (κ2) is 5.59. The molecule has 0 spiro atoms. The van der Waals surface area contributed by atoms with E-state index >= 15 is 0 Å². The van der Waals surface area contributed by atoms with E-state index in [1.807, 2.05) is 18.2 Å². The van der Waals surface area contributed by atoms with Crippen LogP contribution in [0.15, 0.2) is 41.8 Å². The summed E-state index contributed by atoms with van der Waals surface area (Å²) in [6.07, 6.45) is 3.49. The van der Waals surface area contributed by atoms with Crippen LogP contribution in [-0.4, -0.2) is 30.6 Å². The molecule has 6 nitrogen and oxygen atoms in total. The van der Waals surface area contributed by atoms with Gasteiger partial charge in [0.05, 0.1) is 19.0 Å². The van der Waals surface area contributed by atoms with Crippen LogP contribution in [0.1, 0.15) is 11.1 Å². The van der Waals surface area contributed by atoms with Crippen LogP contribution in [0.4, 0.5) is 0 Å². The fourth-order valence-corrected chi connectivity index (χ4v) is 3.39. The molecule has 1 aromatic carbocycles. The molecule has 0 amide bonds. The average molecular weight is 307 g/mol. The lowest BCUT2D eigenvalue weighted by Crippen LogP contribution is -2.36. The van der Waals surface area contributed by atoms with Crippen molar-refractivity contribution in [3.8, 4) is 0 Å². The van der Waals surface area contributed by atoms with Crippen molar-refractivity contribution in [2.24, 2.45) is 7.05 Å². The molecule has 0 bridgehead atoms. The Labute approximate surface area is 123 Å². The quantitative estimate of drug-likeness (QED) is 0.908. The average Bonchev–Trinajstić information content (AvgIpc) is 2.92. The van der Waals surface area contributed by atoms with Crippen LogP contribution in [0.3, 0.4) is 0 Å². The molecule has 21 heavy (non-hydrogen) atoms. The maximum atomic E-state index is 12.1. The van der Waals surface area contributed by atoms with Crippen LogP contribution < -0.4 is 4.72 Å². The number of benzene rings is 1. The summed E-state index contributed by atoms with van der Waals surface area (Å²) in [5.74, 6) is 0.